The summed E-state index contributed by atoms with van der Waals surface area (Å²) in [6, 6.07) is 3.96. The molecule has 0 radical (unpaired) electrons. The van der Waals surface area contributed by atoms with Gasteiger partial charge in [-0.05, 0) is 37.1 Å². The third-order valence-electron chi connectivity index (χ3n) is 2.58. The molecule has 1 rings (SSSR count). The van der Waals surface area contributed by atoms with Crippen molar-refractivity contribution in [2.45, 2.75) is 26.3 Å². The van der Waals surface area contributed by atoms with E-state index < -0.39 is 30.3 Å². The SMILES string of the molecule is Cc1cc(C)cc(OCC(=O)N[C@H](CC(=O)O)C(=O)O)c1. The predicted octanol–water partition coefficient (Wildman–Crippen LogP) is 0.726. The molecule has 0 aliphatic rings. The van der Waals surface area contributed by atoms with Gasteiger partial charge in [0.05, 0.1) is 6.42 Å². The van der Waals surface area contributed by atoms with Crippen LogP contribution in [0.3, 0.4) is 0 Å². The zero-order valence-corrected chi connectivity index (χ0v) is 11.8. The van der Waals surface area contributed by atoms with Crippen molar-refractivity contribution in [1.82, 2.24) is 5.32 Å². The van der Waals surface area contributed by atoms with Crippen molar-refractivity contribution in [3.8, 4) is 5.75 Å². The maximum absolute atomic E-state index is 11.6. The molecule has 0 saturated carbocycles. The van der Waals surface area contributed by atoms with Gasteiger partial charge >= 0.3 is 11.9 Å². The summed E-state index contributed by atoms with van der Waals surface area (Å²) >= 11 is 0. The Hall–Kier alpha value is -2.57. The van der Waals surface area contributed by atoms with Crippen molar-refractivity contribution in [1.29, 1.82) is 0 Å². The quantitative estimate of drug-likeness (QED) is 0.683. The summed E-state index contributed by atoms with van der Waals surface area (Å²) in [7, 11) is 0. The second-order valence-electron chi connectivity index (χ2n) is 4.67. The minimum absolute atomic E-state index is 0.383. The molecule has 0 heterocycles. The molecule has 1 aromatic carbocycles. The fourth-order valence-corrected chi connectivity index (χ4v) is 1.78. The minimum Gasteiger partial charge on any atom is -0.484 e. The second-order valence-corrected chi connectivity index (χ2v) is 4.67. The first-order chi connectivity index (χ1) is 9.77. The van der Waals surface area contributed by atoms with Crippen LogP contribution in [-0.4, -0.2) is 40.7 Å². The Balaban J connectivity index is 2.56. The molecule has 0 fully saturated rings. The van der Waals surface area contributed by atoms with Crippen molar-refractivity contribution >= 4 is 17.8 Å². The van der Waals surface area contributed by atoms with E-state index in [1.165, 1.54) is 0 Å². The van der Waals surface area contributed by atoms with Gasteiger partial charge in [0.15, 0.2) is 6.61 Å². The lowest BCUT2D eigenvalue weighted by molar-refractivity contribution is -0.147. The summed E-state index contributed by atoms with van der Waals surface area (Å²) in [6.07, 6.45) is -0.690. The summed E-state index contributed by atoms with van der Waals surface area (Å²) in [5, 5.41) is 19.5. The zero-order valence-electron chi connectivity index (χ0n) is 11.8. The Bertz CT molecular complexity index is 534. The van der Waals surface area contributed by atoms with Crippen molar-refractivity contribution < 1.29 is 29.3 Å². The Kier molecular flexibility index (Phi) is 5.71. The highest BCUT2D eigenvalue weighted by molar-refractivity contribution is 5.87. The van der Waals surface area contributed by atoms with E-state index in [0.29, 0.717) is 5.75 Å². The number of rotatable bonds is 7. The smallest absolute Gasteiger partial charge is 0.326 e. The summed E-state index contributed by atoms with van der Waals surface area (Å²) in [6.45, 7) is 3.38. The number of aryl methyl sites for hydroxylation is 2. The van der Waals surface area contributed by atoms with Crippen LogP contribution in [-0.2, 0) is 14.4 Å². The highest BCUT2D eigenvalue weighted by Crippen LogP contribution is 2.15. The summed E-state index contributed by atoms with van der Waals surface area (Å²) in [5.41, 5.74) is 1.94. The van der Waals surface area contributed by atoms with Crippen molar-refractivity contribution in [2.75, 3.05) is 6.61 Å². The van der Waals surface area contributed by atoms with E-state index in [0.717, 1.165) is 11.1 Å². The average molecular weight is 295 g/mol. The number of carbonyl (C=O) groups is 3. The lowest BCUT2D eigenvalue weighted by Crippen LogP contribution is -2.44. The third kappa shape index (κ3) is 5.94. The van der Waals surface area contributed by atoms with Gasteiger partial charge in [-0.2, -0.15) is 0 Å². The molecule has 1 amide bonds. The van der Waals surface area contributed by atoms with Crippen LogP contribution in [0.15, 0.2) is 18.2 Å². The molecule has 0 bridgehead atoms. The monoisotopic (exact) mass is 295 g/mol. The first-order valence-electron chi connectivity index (χ1n) is 6.23. The van der Waals surface area contributed by atoms with Crippen molar-refractivity contribution in [3.63, 3.8) is 0 Å². The summed E-state index contributed by atoms with van der Waals surface area (Å²) in [5.74, 6) is -2.91. The lowest BCUT2D eigenvalue weighted by atomic mass is 10.1. The number of nitrogens with one attached hydrogen (secondary N) is 1. The molecule has 1 atom stereocenters. The molecule has 0 aromatic heterocycles. The average Bonchev–Trinajstić information content (AvgIpc) is 2.33. The van der Waals surface area contributed by atoms with Crippen LogP contribution in [0.25, 0.3) is 0 Å². The molecule has 0 unspecified atom stereocenters. The van der Waals surface area contributed by atoms with E-state index in [1.807, 2.05) is 19.9 Å². The van der Waals surface area contributed by atoms with E-state index in [9.17, 15) is 14.4 Å². The Morgan fingerprint density at radius 2 is 1.71 bits per heavy atom. The van der Waals surface area contributed by atoms with E-state index in [2.05, 4.69) is 5.32 Å². The van der Waals surface area contributed by atoms with Crippen LogP contribution in [0, 0.1) is 13.8 Å². The largest absolute Gasteiger partial charge is 0.484 e. The van der Waals surface area contributed by atoms with Crippen molar-refractivity contribution in [3.05, 3.63) is 29.3 Å². The van der Waals surface area contributed by atoms with Gasteiger partial charge in [-0.25, -0.2) is 4.79 Å². The molecule has 3 N–H and O–H groups in total. The normalized spacial score (nSPS) is 11.5. The van der Waals surface area contributed by atoms with Crippen LogP contribution in [0.4, 0.5) is 0 Å². The molecule has 0 aliphatic heterocycles. The highest BCUT2D eigenvalue weighted by atomic mass is 16.5. The molecular weight excluding hydrogens is 278 g/mol. The van der Waals surface area contributed by atoms with Crippen LogP contribution in [0.5, 0.6) is 5.75 Å². The first-order valence-corrected chi connectivity index (χ1v) is 6.23. The van der Waals surface area contributed by atoms with Crippen LogP contribution >= 0.6 is 0 Å². The van der Waals surface area contributed by atoms with E-state index in [-0.39, 0.29) is 6.61 Å². The Morgan fingerprint density at radius 3 is 2.19 bits per heavy atom. The minimum atomic E-state index is -1.47. The number of carboxylic acid groups (broad SMARTS) is 2. The van der Waals surface area contributed by atoms with Crippen LogP contribution < -0.4 is 10.1 Å². The molecule has 0 spiro atoms. The number of carboxylic acids is 2. The Morgan fingerprint density at radius 1 is 1.14 bits per heavy atom. The van der Waals surface area contributed by atoms with Gasteiger partial charge in [0.25, 0.3) is 5.91 Å². The molecule has 21 heavy (non-hydrogen) atoms. The van der Waals surface area contributed by atoms with Gasteiger partial charge in [-0.3, -0.25) is 9.59 Å². The Labute approximate surface area is 121 Å². The topological polar surface area (TPSA) is 113 Å². The van der Waals surface area contributed by atoms with Gasteiger partial charge in [-0.15, -0.1) is 0 Å². The zero-order chi connectivity index (χ0) is 16.0. The number of hydrogen-bond acceptors (Lipinski definition) is 4. The van der Waals surface area contributed by atoms with Crippen LogP contribution in [0.2, 0.25) is 0 Å². The number of ether oxygens (including phenoxy) is 1. The molecule has 114 valence electrons. The van der Waals surface area contributed by atoms with Gasteiger partial charge in [0.1, 0.15) is 11.8 Å². The fraction of sp³-hybridized carbons (Fsp3) is 0.357. The number of benzene rings is 1. The van der Waals surface area contributed by atoms with Gasteiger partial charge in [0, 0.05) is 0 Å². The highest BCUT2D eigenvalue weighted by Gasteiger charge is 2.23. The lowest BCUT2D eigenvalue weighted by Gasteiger charge is -2.13. The predicted molar refractivity (Wildman–Crippen MR) is 73.2 cm³/mol. The fourth-order valence-electron chi connectivity index (χ4n) is 1.78. The number of hydrogen-bond donors (Lipinski definition) is 3. The maximum Gasteiger partial charge on any atom is 0.326 e. The summed E-state index contributed by atoms with van der Waals surface area (Å²) in [4.78, 5) is 32.9. The van der Waals surface area contributed by atoms with E-state index in [1.54, 1.807) is 12.1 Å². The maximum atomic E-state index is 11.6. The molecule has 0 aliphatic carbocycles. The van der Waals surface area contributed by atoms with Gasteiger partial charge < -0.3 is 20.3 Å². The molecule has 1 aromatic rings. The number of aliphatic carboxylic acids is 2. The van der Waals surface area contributed by atoms with Crippen LogP contribution in [0.1, 0.15) is 17.5 Å². The van der Waals surface area contributed by atoms with E-state index in [4.69, 9.17) is 14.9 Å². The first kappa shape index (κ1) is 16.5. The molecular formula is C14H17NO6. The van der Waals surface area contributed by atoms with E-state index >= 15 is 0 Å². The van der Waals surface area contributed by atoms with Gasteiger partial charge in [-0.1, -0.05) is 6.07 Å². The summed E-state index contributed by atoms with van der Waals surface area (Å²) < 4.78 is 5.26. The van der Waals surface area contributed by atoms with Crippen molar-refractivity contribution in [2.24, 2.45) is 0 Å². The third-order valence-corrected chi connectivity index (χ3v) is 2.58. The van der Waals surface area contributed by atoms with Gasteiger partial charge in [0.2, 0.25) is 0 Å². The number of carbonyl (C=O) groups excluding carboxylic acids is 1. The standard InChI is InChI=1S/C14H17NO6/c1-8-3-9(2)5-10(4-8)21-7-12(16)15-11(14(19)20)6-13(17)18/h3-5,11H,6-7H2,1-2H3,(H,15,16)(H,17,18)(H,19,20)/t11-/m1/s1. The molecule has 0 saturated heterocycles. The second kappa shape index (κ2) is 7.28. The number of amides is 1. The molecule has 7 heteroatoms. The molecule has 7 nitrogen and oxygen atoms in total.